The number of aryl methyl sites for hydroxylation is 1. The SMILES string of the molecule is Cc1ccc(C2C(C#N)=C(SCC(=O)NC3CCCCC3)NC3=C2C(=O)CC(C)(C)C3)o1. The largest absolute Gasteiger partial charge is 0.465 e. The molecular weight excluding hydrogens is 422 g/mol. The molecule has 2 N–H and O–H groups in total. The Morgan fingerprint density at radius 3 is 2.69 bits per heavy atom. The molecule has 1 amide bonds. The van der Waals surface area contributed by atoms with Gasteiger partial charge in [-0.3, -0.25) is 9.59 Å². The number of carbonyl (C=O) groups is 2. The van der Waals surface area contributed by atoms with E-state index in [2.05, 4.69) is 30.6 Å². The smallest absolute Gasteiger partial charge is 0.230 e. The van der Waals surface area contributed by atoms with Crippen molar-refractivity contribution in [1.29, 1.82) is 5.26 Å². The number of dihydropyridines is 1. The number of nitriles is 1. The number of ketones is 1. The van der Waals surface area contributed by atoms with Gasteiger partial charge in [0.25, 0.3) is 0 Å². The average Bonchev–Trinajstić information content (AvgIpc) is 3.17. The number of carbonyl (C=O) groups excluding carboxylic acids is 2. The predicted molar refractivity (Wildman–Crippen MR) is 124 cm³/mol. The van der Waals surface area contributed by atoms with Crippen molar-refractivity contribution in [3.8, 4) is 6.07 Å². The number of rotatable bonds is 5. The highest BCUT2D eigenvalue weighted by molar-refractivity contribution is 8.03. The van der Waals surface area contributed by atoms with Crippen LogP contribution < -0.4 is 10.6 Å². The van der Waals surface area contributed by atoms with Gasteiger partial charge in [0.2, 0.25) is 5.91 Å². The van der Waals surface area contributed by atoms with Crippen LogP contribution in [-0.4, -0.2) is 23.5 Å². The maximum Gasteiger partial charge on any atom is 0.230 e. The van der Waals surface area contributed by atoms with E-state index in [0.717, 1.165) is 37.1 Å². The van der Waals surface area contributed by atoms with E-state index in [4.69, 9.17) is 4.42 Å². The molecule has 0 bridgehead atoms. The predicted octanol–water partition coefficient (Wildman–Crippen LogP) is 4.84. The van der Waals surface area contributed by atoms with Gasteiger partial charge in [0, 0.05) is 23.7 Å². The Labute approximate surface area is 193 Å². The van der Waals surface area contributed by atoms with Crippen LogP contribution in [0.5, 0.6) is 0 Å². The lowest BCUT2D eigenvalue weighted by atomic mass is 9.70. The molecule has 2 heterocycles. The Morgan fingerprint density at radius 1 is 1.28 bits per heavy atom. The monoisotopic (exact) mass is 453 g/mol. The molecule has 0 saturated heterocycles. The van der Waals surface area contributed by atoms with Gasteiger partial charge in [-0.15, -0.1) is 0 Å². The molecule has 1 unspecified atom stereocenters. The van der Waals surface area contributed by atoms with Gasteiger partial charge in [0.15, 0.2) is 5.78 Å². The number of furan rings is 1. The van der Waals surface area contributed by atoms with Gasteiger partial charge >= 0.3 is 0 Å². The third-order valence-corrected chi connectivity index (χ3v) is 7.51. The molecule has 1 aliphatic heterocycles. The van der Waals surface area contributed by atoms with Crippen molar-refractivity contribution >= 4 is 23.5 Å². The van der Waals surface area contributed by atoms with Crippen LogP contribution in [0.15, 0.2) is 38.4 Å². The lowest BCUT2D eigenvalue weighted by Crippen LogP contribution is -2.38. The molecule has 32 heavy (non-hydrogen) atoms. The van der Waals surface area contributed by atoms with Gasteiger partial charge in [-0.2, -0.15) is 5.26 Å². The van der Waals surface area contributed by atoms with Crippen molar-refractivity contribution in [3.63, 3.8) is 0 Å². The van der Waals surface area contributed by atoms with E-state index in [1.54, 1.807) is 0 Å². The zero-order chi connectivity index (χ0) is 22.9. The quantitative estimate of drug-likeness (QED) is 0.663. The van der Waals surface area contributed by atoms with Crippen molar-refractivity contribution in [3.05, 3.63) is 45.5 Å². The average molecular weight is 454 g/mol. The van der Waals surface area contributed by atoms with Crippen molar-refractivity contribution in [1.82, 2.24) is 10.6 Å². The zero-order valence-electron chi connectivity index (χ0n) is 19.0. The number of thioether (sulfide) groups is 1. The highest BCUT2D eigenvalue weighted by atomic mass is 32.2. The standard InChI is InChI=1S/C25H31N3O3S/c1-15-9-10-20(31-15)22-17(13-26)24(28-18-11-25(2,3)12-19(29)23(18)22)32-14-21(30)27-16-7-5-4-6-8-16/h9-10,16,22,28H,4-8,11-12,14H2,1-3H3,(H,27,30). The summed E-state index contributed by atoms with van der Waals surface area (Å²) in [7, 11) is 0. The van der Waals surface area contributed by atoms with Crippen LogP contribution in [0.2, 0.25) is 0 Å². The number of hydrogen-bond acceptors (Lipinski definition) is 6. The second kappa shape index (κ2) is 9.19. The molecule has 6 nitrogen and oxygen atoms in total. The molecule has 4 rings (SSSR count). The molecule has 1 fully saturated rings. The Kier molecular flexibility index (Phi) is 6.52. The number of hydrogen-bond donors (Lipinski definition) is 2. The maximum absolute atomic E-state index is 13.1. The molecule has 0 spiro atoms. The van der Waals surface area contributed by atoms with Gasteiger partial charge in [-0.05, 0) is 43.7 Å². The molecule has 1 atom stereocenters. The van der Waals surface area contributed by atoms with Crippen LogP contribution in [0.25, 0.3) is 0 Å². The summed E-state index contributed by atoms with van der Waals surface area (Å²) in [5, 5.41) is 17.2. The first-order valence-corrected chi connectivity index (χ1v) is 12.4. The molecular formula is C25H31N3O3S. The Bertz CT molecular complexity index is 1020. The van der Waals surface area contributed by atoms with E-state index < -0.39 is 5.92 Å². The maximum atomic E-state index is 13.1. The van der Waals surface area contributed by atoms with Gasteiger partial charge in [0.05, 0.1) is 28.3 Å². The summed E-state index contributed by atoms with van der Waals surface area (Å²) in [4.78, 5) is 25.7. The van der Waals surface area contributed by atoms with Crippen molar-refractivity contribution in [2.24, 2.45) is 5.41 Å². The van der Waals surface area contributed by atoms with Crippen molar-refractivity contribution in [2.75, 3.05) is 5.75 Å². The normalized spacial score (nSPS) is 23.4. The van der Waals surface area contributed by atoms with E-state index >= 15 is 0 Å². The van der Waals surface area contributed by atoms with Crippen molar-refractivity contribution < 1.29 is 14.0 Å². The van der Waals surface area contributed by atoms with E-state index in [1.165, 1.54) is 18.2 Å². The summed E-state index contributed by atoms with van der Waals surface area (Å²) >= 11 is 1.34. The lowest BCUT2D eigenvalue weighted by Gasteiger charge is -2.38. The van der Waals surface area contributed by atoms with E-state index in [0.29, 0.717) is 34.8 Å². The molecule has 7 heteroatoms. The topological polar surface area (TPSA) is 95.1 Å². The van der Waals surface area contributed by atoms with Crippen LogP contribution in [0.1, 0.15) is 76.2 Å². The highest BCUT2D eigenvalue weighted by Crippen LogP contribution is 2.48. The third-order valence-electron chi connectivity index (χ3n) is 6.49. The molecule has 0 aromatic carbocycles. The van der Waals surface area contributed by atoms with Gasteiger partial charge in [-0.25, -0.2) is 0 Å². The van der Waals surface area contributed by atoms with Gasteiger partial charge in [0.1, 0.15) is 11.5 Å². The Hall–Kier alpha value is -2.46. The van der Waals surface area contributed by atoms with Crippen LogP contribution >= 0.6 is 11.8 Å². The van der Waals surface area contributed by atoms with Crippen LogP contribution in [-0.2, 0) is 9.59 Å². The minimum Gasteiger partial charge on any atom is -0.465 e. The lowest BCUT2D eigenvalue weighted by molar-refractivity contribution is -0.120. The summed E-state index contributed by atoms with van der Waals surface area (Å²) in [5.74, 6) is 1.08. The molecule has 2 aliphatic carbocycles. The van der Waals surface area contributed by atoms with E-state index in [-0.39, 0.29) is 28.9 Å². The molecule has 0 radical (unpaired) electrons. The van der Waals surface area contributed by atoms with E-state index in [9.17, 15) is 14.9 Å². The molecule has 1 aromatic rings. The summed E-state index contributed by atoms with van der Waals surface area (Å²) in [6.45, 7) is 6.01. The van der Waals surface area contributed by atoms with Gasteiger partial charge in [-0.1, -0.05) is 44.9 Å². The minimum absolute atomic E-state index is 0.0151. The fraction of sp³-hybridized carbons (Fsp3) is 0.560. The second-order valence-corrected chi connectivity index (χ2v) is 10.9. The van der Waals surface area contributed by atoms with Crippen LogP contribution in [0.4, 0.5) is 0 Å². The summed E-state index contributed by atoms with van der Waals surface area (Å²) < 4.78 is 5.89. The fourth-order valence-electron chi connectivity index (χ4n) is 5.04. The number of amides is 1. The Balaban J connectivity index is 1.60. The first-order valence-electron chi connectivity index (χ1n) is 11.4. The second-order valence-electron chi connectivity index (χ2n) is 9.89. The third kappa shape index (κ3) is 4.80. The molecule has 170 valence electrons. The number of Topliss-reactive ketones (excluding diaryl/α,β-unsaturated/α-hetero) is 1. The number of allylic oxidation sites excluding steroid dienone is 3. The minimum atomic E-state index is -0.530. The number of nitrogens with zero attached hydrogens (tertiary/aromatic N) is 1. The Morgan fingerprint density at radius 2 is 2.03 bits per heavy atom. The summed E-state index contributed by atoms with van der Waals surface area (Å²) in [5.41, 5.74) is 1.76. The summed E-state index contributed by atoms with van der Waals surface area (Å²) in [6, 6.07) is 6.27. The molecule has 3 aliphatic rings. The highest BCUT2D eigenvalue weighted by Gasteiger charge is 2.43. The molecule has 1 aromatic heterocycles. The summed E-state index contributed by atoms with van der Waals surface area (Å²) in [6.07, 6.45) is 6.78. The van der Waals surface area contributed by atoms with Gasteiger partial charge < -0.3 is 15.1 Å². The number of nitrogens with one attached hydrogen (secondary N) is 2. The fourth-order valence-corrected chi connectivity index (χ4v) is 5.91. The zero-order valence-corrected chi connectivity index (χ0v) is 19.9. The van der Waals surface area contributed by atoms with Crippen molar-refractivity contribution in [2.45, 2.75) is 77.7 Å². The molecule has 1 saturated carbocycles. The van der Waals surface area contributed by atoms with Crippen LogP contribution in [0.3, 0.4) is 0 Å². The first-order chi connectivity index (χ1) is 15.3. The van der Waals surface area contributed by atoms with Crippen LogP contribution in [0, 0.1) is 23.7 Å². The first kappa shape index (κ1) is 22.7. The van der Waals surface area contributed by atoms with E-state index in [1.807, 2.05) is 19.1 Å².